The molecule has 0 radical (unpaired) electrons. The third kappa shape index (κ3) is 2.97. The number of aryl methyl sites for hydroxylation is 1. The number of aromatic nitrogens is 4. The van der Waals surface area contributed by atoms with Crippen molar-refractivity contribution >= 4 is 21.4 Å². The Morgan fingerprint density at radius 3 is 2.74 bits per heavy atom. The van der Waals surface area contributed by atoms with Crippen molar-refractivity contribution in [1.29, 1.82) is 0 Å². The lowest BCUT2D eigenvalue weighted by atomic mass is 10.4. The number of hydrogen-bond acceptors (Lipinski definition) is 7. The van der Waals surface area contributed by atoms with Crippen molar-refractivity contribution in [2.45, 2.75) is 18.6 Å². The van der Waals surface area contributed by atoms with Gasteiger partial charge in [-0.3, -0.25) is 4.57 Å². The Hall–Kier alpha value is -1.36. The highest BCUT2D eigenvalue weighted by atomic mass is 32.2. The molecule has 2 aromatic heterocycles. The zero-order valence-electron chi connectivity index (χ0n) is 10.4. The molecule has 0 amide bonds. The van der Waals surface area contributed by atoms with Crippen molar-refractivity contribution in [3.05, 3.63) is 10.4 Å². The van der Waals surface area contributed by atoms with Crippen LogP contribution in [0.15, 0.2) is 10.5 Å². The van der Waals surface area contributed by atoms with Gasteiger partial charge < -0.3 is 4.74 Å². The molecule has 0 atom stereocenters. The van der Waals surface area contributed by atoms with Gasteiger partial charge in [-0.2, -0.15) is 0 Å². The highest BCUT2D eigenvalue weighted by Gasteiger charge is 2.22. The number of hydrogen-bond donors (Lipinski definition) is 1. The molecule has 0 aliphatic heterocycles. The summed E-state index contributed by atoms with van der Waals surface area (Å²) in [5.41, 5.74) is 0.570. The van der Waals surface area contributed by atoms with Crippen LogP contribution < -0.4 is 5.14 Å². The van der Waals surface area contributed by atoms with Crippen LogP contribution in [0.4, 0.5) is 0 Å². The van der Waals surface area contributed by atoms with E-state index in [2.05, 4.69) is 15.2 Å². The van der Waals surface area contributed by atoms with Crippen molar-refractivity contribution in [2.24, 2.45) is 5.14 Å². The van der Waals surface area contributed by atoms with Crippen molar-refractivity contribution in [1.82, 2.24) is 19.7 Å². The van der Waals surface area contributed by atoms with Gasteiger partial charge in [-0.25, -0.2) is 18.5 Å². The van der Waals surface area contributed by atoms with Crippen LogP contribution in [0, 0.1) is 6.92 Å². The summed E-state index contributed by atoms with van der Waals surface area (Å²) in [7, 11) is -2.41. The molecule has 2 aromatic rings. The third-order valence-electron chi connectivity index (χ3n) is 2.34. The smallest absolute Gasteiger partial charge is 0.273 e. The van der Waals surface area contributed by atoms with Crippen LogP contribution in [0.25, 0.3) is 11.5 Å². The van der Waals surface area contributed by atoms with Gasteiger partial charge in [0.05, 0.1) is 18.2 Å². The molecule has 0 aromatic carbocycles. The van der Waals surface area contributed by atoms with Crippen LogP contribution in [-0.2, 0) is 21.3 Å². The molecule has 104 valence electrons. The lowest BCUT2D eigenvalue weighted by Crippen LogP contribution is -2.20. The first-order chi connectivity index (χ1) is 8.93. The van der Waals surface area contributed by atoms with E-state index in [0.29, 0.717) is 18.1 Å². The molecule has 0 bridgehead atoms. The second kappa shape index (κ2) is 5.33. The maximum Gasteiger partial charge on any atom is 0.273 e. The highest BCUT2D eigenvalue weighted by Crippen LogP contribution is 2.21. The number of sulfonamides is 1. The van der Waals surface area contributed by atoms with E-state index in [1.165, 1.54) is 23.0 Å². The van der Waals surface area contributed by atoms with E-state index in [0.717, 1.165) is 5.01 Å². The monoisotopic (exact) mass is 303 g/mol. The Morgan fingerprint density at radius 1 is 1.47 bits per heavy atom. The molecule has 0 aliphatic carbocycles. The average molecular weight is 303 g/mol. The Balaban J connectivity index is 2.52. The molecule has 19 heavy (non-hydrogen) atoms. The van der Waals surface area contributed by atoms with E-state index in [1.807, 2.05) is 6.92 Å². The first-order valence-electron chi connectivity index (χ1n) is 5.31. The molecule has 2 heterocycles. The largest absolute Gasteiger partial charge is 0.383 e. The SMILES string of the molecule is COCCn1c(-c2csc(C)n2)nnc1S(N)(=O)=O. The van der Waals surface area contributed by atoms with Crippen LogP contribution in [0.5, 0.6) is 0 Å². The first kappa shape index (κ1) is 14.1. The van der Waals surface area contributed by atoms with E-state index < -0.39 is 10.0 Å². The minimum absolute atomic E-state index is 0.279. The van der Waals surface area contributed by atoms with E-state index in [4.69, 9.17) is 9.88 Å². The second-order valence-corrected chi connectivity index (χ2v) is 6.26. The molecule has 8 nitrogen and oxygen atoms in total. The molecule has 2 N–H and O–H groups in total. The van der Waals surface area contributed by atoms with Gasteiger partial charge in [-0.05, 0) is 6.92 Å². The number of methoxy groups -OCH3 is 1. The number of nitrogens with zero attached hydrogens (tertiary/aromatic N) is 4. The molecule has 0 saturated carbocycles. The Labute approximate surface area is 114 Å². The van der Waals surface area contributed by atoms with Crippen LogP contribution in [0.1, 0.15) is 5.01 Å². The summed E-state index contributed by atoms with van der Waals surface area (Å²) in [5.74, 6) is 0.366. The van der Waals surface area contributed by atoms with Gasteiger partial charge in [-0.15, -0.1) is 21.5 Å². The van der Waals surface area contributed by atoms with Gasteiger partial charge in [0.1, 0.15) is 5.69 Å². The second-order valence-electron chi connectivity index (χ2n) is 3.75. The van der Waals surface area contributed by atoms with Crippen LogP contribution in [0.3, 0.4) is 0 Å². The minimum atomic E-state index is -3.93. The molecule has 0 spiro atoms. The molecule has 0 fully saturated rings. The average Bonchev–Trinajstić information content (AvgIpc) is 2.91. The van der Waals surface area contributed by atoms with Crippen molar-refractivity contribution in [3.8, 4) is 11.5 Å². The fraction of sp³-hybridized carbons (Fsp3) is 0.444. The Morgan fingerprint density at radius 2 is 2.21 bits per heavy atom. The molecular formula is C9H13N5O3S2. The summed E-state index contributed by atoms with van der Waals surface area (Å²) >= 11 is 1.44. The molecule has 10 heteroatoms. The summed E-state index contributed by atoms with van der Waals surface area (Å²) in [6.07, 6.45) is 0. The van der Waals surface area contributed by atoms with E-state index >= 15 is 0 Å². The number of ether oxygens (including phenoxy) is 1. The van der Waals surface area contributed by atoms with E-state index in [9.17, 15) is 8.42 Å². The molecule has 0 saturated heterocycles. The summed E-state index contributed by atoms with van der Waals surface area (Å²) in [6, 6.07) is 0. The van der Waals surface area contributed by atoms with Gasteiger partial charge in [0.25, 0.3) is 15.2 Å². The van der Waals surface area contributed by atoms with Crippen LogP contribution in [0.2, 0.25) is 0 Å². The van der Waals surface area contributed by atoms with Gasteiger partial charge in [-0.1, -0.05) is 0 Å². The molecule has 2 rings (SSSR count). The fourth-order valence-electron chi connectivity index (χ4n) is 1.54. The predicted molar refractivity (Wildman–Crippen MR) is 69.1 cm³/mol. The standard InChI is InChI=1S/C9H13N5O3S2/c1-6-11-7(5-18-6)8-12-13-9(19(10,15)16)14(8)3-4-17-2/h5H,3-4H2,1-2H3,(H2,10,15,16). The third-order valence-corrected chi connectivity index (χ3v) is 3.92. The summed E-state index contributed by atoms with van der Waals surface area (Å²) in [5, 5.41) is 15.0. The quantitative estimate of drug-likeness (QED) is 0.832. The number of thiazole rings is 1. The Kier molecular flexibility index (Phi) is 3.94. The zero-order valence-corrected chi connectivity index (χ0v) is 12.0. The van der Waals surface area contributed by atoms with Gasteiger partial charge in [0.15, 0.2) is 5.82 Å². The van der Waals surface area contributed by atoms with Gasteiger partial charge >= 0.3 is 0 Å². The van der Waals surface area contributed by atoms with Crippen molar-refractivity contribution in [3.63, 3.8) is 0 Å². The van der Waals surface area contributed by atoms with Crippen LogP contribution >= 0.6 is 11.3 Å². The van der Waals surface area contributed by atoms with Crippen molar-refractivity contribution in [2.75, 3.05) is 13.7 Å². The normalized spacial score (nSPS) is 11.9. The maximum atomic E-state index is 11.5. The Bertz CT molecular complexity index is 676. The molecular weight excluding hydrogens is 290 g/mol. The summed E-state index contributed by atoms with van der Waals surface area (Å²) < 4.78 is 29.3. The van der Waals surface area contributed by atoms with E-state index in [1.54, 1.807) is 5.38 Å². The van der Waals surface area contributed by atoms with Crippen molar-refractivity contribution < 1.29 is 13.2 Å². The minimum Gasteiger partial charge on any atom is -0.383 e. The topological polar surface area (TPSA) is 113 Å². The zero-order chi connectivity index (χ0) is 14.0. The lowest BCUT2D eigenvalue weighted by molar-refractivity contribution is 0.185. The number of nitrogens with two attached hydrogens (primary N) is 1. The molecule has 0 aliphatic rings. The number of primary sulfonamides is 1. The summed E-state index contributed by atoms with van der Waals surface area (Å²) in [6.45, 7) is 2.45. The summed E-state index contributed by atoms with van der Waals surface area (Å²) in [4.78, 5) is 4.26. The van der Waals surface area contributed by atoms with Gasteiger partial charge in [0.2, 0.25) is 0 Å². The van der Waals surface area contributed by atoms with Gasteiger partial charge in [0, 0.05) is 12.5 Å². The fourth-order valence-corrected chi connectivity index (χ4v) is 2.77. The molecule has 0 unspecified atom stereocenters. The lowest BCUT2D eigenvalue weighted by Gasteiger charge is -2.06. The van der Waals surface area contributed by atoms with E-state index in [-0.39, 0.29) is 11.7 Å². The predicted octanol–water partition coefficient (Wildman–Crippen LogP) is 0.00382. The number of rotatable bonds is 5. The highest BCUT2D eigenvalue weighted by molar-refractivity contribution is 7.89. The van der Waals surface area contributed by atoms with Crippen LogP contribution in [-0.4, -0.2) is 41.9 Å². The first-order valence-corrected chi connectivity index (χ1v) is 7.73. The maximum absolute atomic E-state index is 11.5.